The minimum Gasteiger partial charge on any atom is -0.397 e. The minimum atomic E-state index is -0.989. The largest absolute Gasteiger partial charge is 0.397 e. The molecular weight excluding hydrogens is 230 g/mol. The third kappa shape index (κ3) is 3.54. The molecule has 0 aliphatic rings. The maximum Gasteiger partial charge on any atom is 0.183 e. The lowest BCUT2D eigenvalue weighted by atomic mass is 10.2. The van der Waals surface area contributed by atoms with Crippen molar-refractivity contribution in [2.45, 2.75) is 6.10 Å². The van der Waals surface area contributed by atoms with E-state index < -0.39 is 11.6 Å². The molecule has 3 N–H and O–H groups in total. The number of anilines is 2. The van der Waals surface area contributed by atoms with Gasteiger partial charge in [-0.1, -0.05) is 0 Å². The molecule has 0 bridgehead atoms. The van der Waals surface area contributed by atoms with Crippen LogP contribution < -0.4 is 11.1 Å². The molecule has 1 unspecified atom stereocenters. The molecular formula is C11H16F2N2O2. The lowest BCUT2D eigenvalue weighted by Crippen LogP contribution is -2.27. The molecule has 0 fully saturated rings. The van der Waals surface area contributed by atoms with Crippen molar-refractivity contribution in [2.24, 2.45) is 0 Å². The van der Waals surface area contributed by atoms with Crippen molar-refractivity contribution in [2.75, 3.05) is 38.4 Å². The Balaban J connectivity index is 2.71. The van der Waals surface area contributed by atoms with Gasteiger partial charge in [-0.25, -0.2) is 8.78 Å². The quantitative estimate of drug-likeness (QED) is 0.749. The normalized spacial score (nSPS) is 12.5. The van der Waals surface area contributed by atoms with Crippen LogP contribution in [0.15, 0.2) is 12.1 Å². The van der Waals surface area contributed by atoms with E-state index in [1.165, 1.54) is 20.3 Å². The zero-order valence-electron chi connectivity index (χ0n) is 9.80. The van der Waals surface area contributed by atoms with Crippen LogP contribution in [0.25, 0.3) is 0 Å². The summed E-state index contributed by atoms with van der Waals surface area (Å²) >= 11 is 0. The molecule has 17 heavy (non-hydrogen) atoms. The Kier molecular flexibility index (Phi) is 5.11. The molecule has 1 rings (SSSR count). The third-order valence-electron chi connectivity index (χ3n) is 2.32. The van der Waals surface area contributed by atoms with Gasteiger partial charge in [0.15, 0.2) is 11.6 Å². The molecule has 96 valence electrons. The molecule has 4 nitrogen and oxygen atoms in total. The first-order valence-corrected chi connectivity index (χ1v) is 5.09. The second kappa shape index (κ2) is 6.36. The number of hydrogen-bond donors (Lipinski definition) is 2. The van der Waals surface area contributed by atoms with Crippen LogP contribution in [0.2, 0.25) is 0 Å². The van der Waals surface area contributed by atoms with Crippen LogP contribution in [0.4, 0.5) is 20.2 Å². The van der Waals surface area contributed by atoms with Crippen LogP contribution in [0.5, 0.6) is 0 Å². The summed E-state index contributed by atoms with van der Waals surface area (Å²) in [7, 11) is 3.04. The van der Waals surface area contributed by atoms with Gasteiger partial charge in [-0.2, -0.15) is 0 Å². The van der Waals surface area contributed by atoms with Crippen molar-refractivity contribution >= 4 is 11.4 Å². The average Bonchev–Trinajstić information content (AvgIpc) is 2.32. The molecule has 0 aromatic heterocycles. The Morgan fingerprint density at radius 1 is 1.35 bits per heavy atom. The Hall–Kier alpha value is -1.40. The van der Waals surface area contributed by atoms with E-state index in [1.54, 1.807) is 0 Å². The van der Waals surface area contributed by atoms with Crippen LogP contribution in [-0.2, 0) is 9.47 Å². The molecule has 0 heterocycles. The number of nitrogens with one attached hydrogen (secondary N) is 1. The first kappa shape index (κ1) is 13.7. The van der Waals surface area contributed by atoms with Gasteiger partial charge in [0.05, 0.1) is 24.1 Å². The maximum atomic E-state index is 13.4. The number of nitrogens with two attached hydrogens (primary N) is 1. The smallest absolute Gasteiger partial charge is 0.183 e. The van der Waals surface area contributed by atoms with Crippen LogP contribution in [-0.4, -0.2) is 33.5 Å². The predicted molar refractivity (Wildman–Crippen MR) is 61.9 cm³/mol. The van der Waals surface area contributed by atoms with Gasteiger partial charge in [-0.05, 0) is 12.1 Å². The predicted octanol–water partition coefficient (Wildman–Crippen LogP) is 1.62. The molecule has 0 aliphatic carbocycles. The third-order valence-corrected chi connectivity index (χ3v) is 2.32. The Labute approximate surface area is 98.7 Å². The fourth-order valence-corrected chi connectivity index (χ4v) is 1.36. The topological polar surface area (TPSA) is 56.5 Å². The summed E-state index contributed by atoms with van der Waals surface area (Å²) in [6, 6.07) is 2.29. The van der Waals surface area contributed by atoms with E-state index in [2.05, 4.69) is 5.32 Å². The summed E-state index contributed by atoms with van der Waals surface area (Å²) in [5, 5.41) is 2.71. The van der Waals surface area contributed by atoms with Crippen molar-refractivity contribution in [3.8, 4) is 0 Å². The van der Waals surface area contributed by atoms with E-state index >= 15 is 0 Å². The fraction of sp³-hybridized carbons (Fsp3) is 0.455. The minimum absolute atomic E-state index is 0.0526. The summed E-state index contributed by atoms with van der Waals surface area (Å²) < 4.78 is 36.4. The van der Waals surface area contributed by atoms with Gasteiger partial charge in [-0.15, -0.1) is 0 Å². The highest BCUT2D eigenvalue weighted by Crippen LogP contribution is 2.24. The number of hydrogen-bond acceptors (Lipinski definition) is 4. The highest BCUT2D eigenvalue weighted by Gasteiger charge is 2.13. The highest BCUT2D eigenvalue weighted by atomic mass is 19.2. The number of methoxy groups -OCH3 is 2. The second-order valence-corrected chi connectivity index (χ2v) is 3.52. The van der Waals surface area contributed by atoms with Crippen LogP contribution in [0.3, 0.4) is 0 Å². The summed E-state index contributed by atoms with van der Waals surface area (Å²) in [6.45, 7) is 0.620. The van der Waals surface area contributed by atoms with Gasteiger partial charge in [0.2, 0.25) is 0 Å². The molecule has 1 aromatic carbocycles. The summed E-state index contributed by atoms with van der Waals surface area (Å²) in [4.78, 5) is 0. The van der Waals surface area contributed by atoms with Gasteiger partial charge < -0.3 is 20.5 Å². The average molecular weight is 246 g/mol. The lowest BCUT2D eigenvalue weighted by molar-refractivity contribution is 0.0365. The van der Waals surface area contributed by atoms with Crippen molar-refractivity contribution in [3.05, 3.63) is 23.8 Å². The number of rotatable bonds is 6. The Bertz CT molecular complexity index is 375. The van der Waals surface area contributed by atoms with E-state index in [1.807, 2.05) is 0 Å². The fourth-order valence-electron chi connectivity index (χ4n) is 1.36. The van der Waals surface area contributed by atoms with Crippen molar-refractivity contribution < 1.29 is 18.3 Å². The van der Waals surface area contributed by atoms with Crippen LogP contribution in [0.1, 0.15) is 0 Å². The van der Waals surface area contributed by atoms with E-state index in [4.69, 9.17) is 15.2 Å². The summed E-state index contributed by atoms with van der Waals surface area (Å²) in [6.07, 6.45) is -0.262. The molecule has 1 aromatic rings. The Morgan fingerprint density at radius 3 is 2.65 bits per heavy atom. The van der Waals surface area contributed by atoms with Gasteiger partial charge in [-0.3, -0.25) is 0 Å². The molecule has 0 spiro atoms. The number of halogens is 2. The lowest BCUT2D eigenvalue weighted by Gasteiger charge is -2.17. The molecule has 0 saturated heterocycles. The SMILES string of the molecule is COCC(CNc1c(N)ccc(F)c1F)OC. The van der Waals surface area contributed by atoms with Crippen LogP contribution in [0, 0.1) is 11.6 Å². The molecule has 1 atom stereocenters. The first-order valence-electron chi connectivity index (χ1n) is 5.09. The van der Waals surface area contributed by atoms with Crippen molar-refractivity contribution in [1.82, 2.24) is 0 Å². The number of nitrogen functional groups attached to an aromatic ring is 1. The van der Waals surface area contributed by atoms with Crippen molar-refractivity contribution in [1.29, 1.82) is 0 Å². The summed E-state index contributed by atoms with van der Waals surface area (Å²) in [5.41, 5.74) is 5.65. The molecule has 0 radical (unpaired) electrons. The van der Waals surface area contributed by atoms with Crippen LogP contribution >= 0.6 is 0 Å². The zero-order valence-corrected chi connectivity index (χ0v) is 9.80. The highest BCUT2D eigenvalue weighted by molar-refractivity contribution is 5.66. The monoisotopic (exact) mass is 246 g/mol. The Morgan fingerprint density at radius 2 is 2.06 bits per heavy atom. The standard InChI is InChI=1S/C11H16F2N2O2/c1-16-6-7(17-2)5-15-11-9(14)4-3-8(12)10(11)13/h3-4,7,15H,5-6,14H2,1-2H3. The van der Waals surface area contributed by atoms with E-state index in [9.17, 15) is 8.78 Å². The zero-order chi connectivity index (χ0) is 12.8. The molecule has 0 amide bonds. The van der Waals surface area contributed by atoms with Crippen molar-refractivity contribution in [3.63, 3.8) is 0 Å². The van der Waals surface area contributed by atoms with Gasteiger partial charge in [0, 0.05) is 20.8 Å². The van der Waals surface area contributed by atoms with Gasteiger partial charge in [0.25, 0.3) is 0 Å². The second-order valence-electron chi connectivity index (χ2n) is 3.52. The van der Waals surface area contributed by atoms with E-state index in [0.717, 1.165) is 6.07 Å². The maximum absolute atomic E-state index is 13.4. The van der Waals surface area contributed by atoms with E-state index in [0.29, 0.717) is 6.61 Å². The number of benzene rings is 1. The first-order chi connectivity index (χ1) is 8.10. The number of ether oxygens (including phenoxy) is 2. The summed E-state index contributed by atoms with van der Waals surface area (Å²) in [5.74, 6) is -1.93. The van der Waals surface area contributed by atoms with E-state index in [-0.39, 0.29) is 24.0 Å². The van der Waals surface area contributed by atoms with Gasteiger partial charge in [0.1, 0.15) is 0 Å². The van der Waals surface area contributed by atoms with Gasteiger partial charge >= 0.3 is 0 Å². The molecule has 0 aliphatic heterocycles. The molecule has 6 heteroatoms. The molecule has 0 saturated carbocycles.